The predicted octanol–water partition coefficient (Wildman–Crippen LogP) is 3.47. The first kappa shape index (κ1) is 8.32. The summed E-state index contributed by atoms with van der Waals surface area (Å²) in [5.74, 6) is -0.319. The van der Waals surface area contributed by atoms with Gasteiger partial charge in [-0.2, -0.15) is 0 Å². The van der Waals surface area contributed by atoms with E-state index in [1.807, 2.05) is 12.1 Å². The fourth-order valence-corrected chi connectivity index (χ4v) is 1.47. The molecule has 0 fully saturated rings. The molecule has 0 aliphatic rings. The molecule has 1 nitrogen and oxygen atoms in total. The second-order valence-electron chi connectivity index (χ2n) is 2.71. The highest BCUT2D eigenvalue weighted by atomic mass is 35.5. The third-order valence-corrected chi connectivity index (χ3v) is 2.13. The number of aromatic amines is 1. The molecule has 0 spiro atoms. The van der Waals surface area contributed by atoms with Crippen LogP contribution in [-0.4, -0.2) is 4.98 Å². The van der Waals surface area contributed by atoms with Gasteiger partial charge in [-0.3, -0.25) is 0 Å². The van der Waals surface area contributed by atoms with Gasteiger partial charge in [0.1, 0.15) is 5.82 Å². The van der Waals surface area contributed by atoms with Crippen LogP contribution in [0.3, 0.4) is 0 Å². The van der Waals surface area contributed by atoms with E-state index >= 15 is 0 Å². The molecule has 0 saturated heterocycles. The summed E-state index contributed by atoms with van der Waals surface area (Å²) in [5.41, 5.74) is 1.71. The average molecular weight is 196 g/mol. The summed E-state index contributed by atoms with van der Waals surface area (Å²) in [4.78, 5) is 3.01. The Labute approximate surface area is 80.2 Å². The van der Waals surface area contributed by atoms with Gasteiger partial charge in [0, 0.05) is 17.5 Å². The Kier molecular flexibility index (Phi) is 2.07. The lowest BCUT2D eigenvalue weighted by Crippen LogP contribution is -1.80. The van der Waals surface area contributed by atoms with Gasteiger partial charge in [-0.1, -0.05) is 11.6 Å². The van der Waals surface area contributed by atoms with Gasteiger partial charge < -0.3 is 4.98 Å². The van der Waals surface area contributed by atoms with E-state index in [0.717, 1.165) is 11.3 Å². The van der Waals surface area contributed by atoms with Gasteiger partial charge in [0.25, 0.3) is 0 Å². The first-order valence-electron chi connectivity index (χ1n) is 3.86. The Hall–Kier alpha value is -1.28. The van der Waals surface area contributed by atoms with Crippen LogP contribution in [0.5, 0.6) is 0 Å². The van der Waals surface area contributed by atoms with E-state index in [4.69, 9.17) is 11.6 Å². The maximum absolute atomic E-state index is 12.7. The molecule has 1 aromatic heterocycles. The van der Waals surface area contributed by atoms with Crippen molar-refractivity contribution in [2.24, 2.45) is 0 Å². The third kappa shape index (κ3) is 1.58. The molecule has 0 saturated carbocycles. The molecule has 0 amide bonds. The van der Waals surface area contributed by atoms with E-state index in [1.54, 1.807) is 12.3 Å². The smallest absolute Gasteiger partial charge is 0.124 e. The number of hydrogen-bond donors (Lipinski definition) is 1. The maximum atomic E-state index is 12.7. The lowest BCUT2D eigenvalue weighted by atomic mass is 10.1. The number of nitrogens with one attached hydrogen (secondary N) is 1. The molecular weight excluding hydrogens is 189 g/mol. The van der Waals surface area contributed by atoms with Gasteiger partial charge in [0.05, 0.1) is 5.02 Å². The van der Waals surface area contributed by atoms with Crippen molar-refractivity contribution in [3.05, 3.63) is 47.4 Å². The van der Waals surface area contributed by atoms with Crippen LogP contribution in [0.15, 0.2) is 36.5 Å². The van der Waals surface area contributed by atoms with Crippen molar-refractivity contribution in [2.45, 2.75) is 0 Å². The average Bonchev–Trinajstić information content (AvgIpc) is 2.56. The van der Waals surface area contributed by atoms with Crippen LogP contribution in [0.4, 0.5) is 4.39 Å². The zero-order valence-corrected chi connectivity index (χ0v) is 7.48. The van der Waals surface area contributed by atoms with Gasteiger partial charge in [0.15, 0.2) is 0 Å². The first-order chi connectivity index (χ1) is 6.27. The van der Waals surface area contributed by atoms with Crippen molar-refractivity contribution in [2.75, 3.05) is 0 Å². The summed E-state index contributed by atoms with van der Waals surface area (Å²) in [6.45, 7) is 0. The van der Waals surface area contributed by atoms with Crippen molar-refractivity contribution in [1.82, 2.24) is 4.98 Å². The number of hydrogen-bond acceptors (Lipinski definition) is 0. The van der Waals surface area contributed by atoms with E-state index in [1.165, 1.54) is 12.1 Å². The quantitative estimate of drug-likeness (QED) is 0.717. The van der Waals surface area contributed by atoms with E-state index in [9.17, 15) is 4.39 Å². The molecule has 0 aliphatic carbocycles. The topological polar surface area (TPSA) is 15.8 Å². The van der Waals surface area contributed by atoms with Crippen LogP contribution < -0.4 is 0 Å². The Bertz CT molecular complexity index is 409. The van der Waals surface area contributed by atoms with Crippen LogP contribution >= 0.6 is 11.6 Å². The van der Waals surface area contributed by atoms with Crippen LogP contribution in [0.2, 0.25) is 5.02 Å². The Morgan fingerprint density at radius 1 is 1.23 bits per heavy atom. The molecule has 0 radical (unpaired) electrons. The fraction of sp³-hybridized carbons (Fsp3) is 0. The second kappa shape index (κ2) is 3.23. The number of H-pyrrole nitrogens is 1. The van der Waals surface area contributed by atoms with Gasteiger partial charge in [0.2, 0.25) is 0 Å². The summed E-state index contributed by atoms with van der Waals surface area (Å²) in [7, 11) is 0. The van der Waals surface area contributed by atoms with E-state index in [2.05, 4.69) is 4.98 Å². The molecule has 13 heavy (non-hydrogen) atoms. The van der Waals surface area contributed by atoms with Crippen molar-refractivity contribution < 1.29 is 4.39 Å². The SMILES string of the molecule is Fc1ccc(-c2ccc[nH]2)c(Cl)c1. The van der Waals surface area contributed by atoms with Gasteiger partial charge >= 0.3 is 0 Å². The van der Waals surface area contributed by atoms with E-state index in [0.29, 0.717) is 5.02 Å². The molecule has 0 atom stereocenters. The lowest BCUT2D eigenvalue weighted by molar-refractivity contribution is 0.628. The molecule has 0 unspecified atom stereocenters. The normalized spacial score (nSPS) is 10.3. The predicted molar refractivity (Wildman–Crippen MR) is 51.2 cm³/mol. The molecule has 0 aliphatic heterocycles. The minimum atomic E-state index is -0.319. The summed E-state index contributed by atoms with van der Waals surface area (Å²) < 4.78 is 12.7. The van der Waals surface area contributed by atoms with Gasteiger partial charge in [-0.05, 0) is 30.3 Å². The number of halogens is 2. The van der Waals surface area contributed by atoms with E-state index in [-0.39, 0.29) is 5.82 Å². The van der Waals surface area contributed by atoms with Gasteiger partial charge in [-0.15, -0.1) is 0 Å². The standard InChI is InChI=1S/C10H7ClFN/c11-9-6-7(12)3-4-8(9)10-2-1-5-13-10/h1-6,13H. The van der Waals surface area contributed by atoms with Crippen molar-refractivity contribution >= 4 is 11.6 Å². The molecular formula is C10H7ClFN. The first-order valence-corrected chi connectivity index (χ1v) is 4.24. The monoisotopic (exact) mass is 195 g/mol. The zero-order valence-electron chi connectivity index (χ0n) is 6.72. The Balaban J connectivity index is 2.53. The lowest BCUT2D eigenvalue weighted by Gasteiger charge is -2.00. The largest absolute Gasteiger partial charge is 0.361 e. The number of benzene rings is 1. The number of aromatic nitrogens is 1. The van der Waals surface area contributed by atoms with Crippen LogP contribution in [0.25, 0.3) is 11.3 Å². The summed E-state index contributed by atoms with van der Waals surface area (Å²) in [6, 6.07) is 8.11. The highest BCUT2D eigenvalue weighted by Crippen LogP contribution is 2.26. The highest BCUT2D eigenvalue weighted by Gasteiger charge is 2.04. The molecule has 1 aromatic carbocycles. The van der Waals surface area contributed by atoms with Crippen LogP contribution in [0, 0.1) is 5.82 Å². The van der Waals surface area contributed by atoms with Crippen molar-refractivity contribution in [3.63, 3.8) is 0 Å². The van der Waals surface area contributed by atoms with Crippen molar-refractivity contribution in [1.29, 1.82) is 0 Å². The molecule has 2 rings (SSSR count). The maximum Gasteiger partial charge on any atom is 0.124 e. The van der Waals surface area contributed by atoms with Crippen LogP contribution in [0.1, 0.15) is 0 Å². The highest BCUT2D eigenvalue weighted by molar-refractivity contribution is 6.33. The third-order valence-electron chi connectivity index (χ3n) is 1.82. The zero-order chi connectivity index (χ0) is 9.26. The molecule has 3 heteroatoms. The Morgan fingerprint density at radius 3 is 2.69 bits per heavy atom. The summed E-state index contributed by atoms with van der Waals surface area (Å²) in [5, 5.41) is 0.419. The Morgan fingerprint density at radius 2 is 2.08 bits per heavy atom. The van der Waals surface area contributed by atoms with Crippen LogP contribution in [-0.2, 0) is 0 Å². The summed E-state index contributed by atoms with van der Waals surface area (Å²) in [6.07, 6.45) is 1.80. The second-order valence-corrected chi connectivity index (χ2v) is 3.12. The fourth-order valence-electron chi connectivity index (χ4n) is 1.21. The summed E-state index contributed by atoms with van der Waals surface area (Å²) >= 11 is 5.86. The molecule has 1 heterocycles. The molecule has 66 valence electrons. The minimum Gasteiger partial charge on any atom is -0.361 e. The van der Waals surface area contributed by atoms with E-state index < -0.39 is 0 Å². The molecule has 1 N–H and O–H groups in total. The van der Waals surface area contributed by atoms with Crippen molar-refractivity contribution in [3.8, 4) is 11.3 Å². The molecule has 2 aromatic rings. The minimum absolute atomic E-state index is 0.319. The van der Waals surface area contributed by atoms with Gasteiger partial charge in [-0.25, -0.2) is 4.39 Å². The molecule has 0 bridgehead atoms. The number of rotatable bonds is 1.